The van der Waals surface area contributed by atoms with E-state index in [1.165, 1.54) is 12.1 Å². The molecular formula is C13H8FN2Se. The second kappa shape index (κ2) is 4.58. The number of benzene rings is 2. The first-order valence-electron chi connectivity index (χ1n) is 4.88. The van der Waals surface area contributed by atoms with Crippen LogP contribution in [-0.4, -0.2) is 16.0 Å². The molecule has 83 valence electrons. The zero-order chi connectivity index (χ0) is 12.4. The first-order chi connectivity index (χ1) is 8.11. The van der Waals surface area contributed by atoms with E-state index in [-0.39, 0.29) is 5.82 Å². The maximum atomic E-state index is 13.0. The van der Waals surface area contributed by atoms with Gasteiger partial charge in [-0.15, -0.1) is 0 Å². The van der Waals surface area contributed by atoms with E-state index >= 15 is 0 Å². The van der Waals surface area contributed by atoms with Crippen molar-refractivity contribution in [2.45, 2.75) is 0 Å². The van der Waals surface area contributed by atoms with E-state index in [2.05, 4.69) is 16.0 Å². The van der Waals surface area contributed by atoms with Crippen molar-refractivity contribution in [3.05, 3.63) is 47.8 Å². The molecule has 2 aromatic rings. The predicted octanol–water partition coefficient (Wildman–Crippen LogP) is 1.74. The van der Waals surface area contributed by atoms with Gasteiger partial charge in [-0.3, -0.25) is 0 Å². The molecule has 2 aromatic carbocycles. The molecule has 0 aromatic heterocycles. The Kier molecular flexibility index (Phi) is 3.14. The van der Waals surface area contributed by atoms with Crippen molar-refractivity contribution in [1.82, 2.24) is 0 Å². The Balaban J connectivity index is 2.58. The Morgan fingerprint density at radius 2 is 1.94 bits per heavy atom. The monoisotopic (exact) mass is 291 g/mol. The number of halogens is 1. The van der Waals surface area contributed by atoms with Gasteiger partial charge >= 0.3 is 107 Å². The minimum absolute atomic E-state index is 0.293. The van der Waals surface area contributed by atoms with Gasteiger partial charge in [-0.25, -0.2) is 0 Å². The van der Waals surface area contributed by atoms with Crippen LogP contribution >= 0.6 is 0 Å². The van der Waals surface area contributed by atoms with Crippen molar-refractivity contribution in [3.8, 4) is 17.2 Å². The van der Waals surface area contributed by atoms with Gasteiger partial charge in [-0.05, 0) is 0 Å². The Morgan fingerprint density at radius 3 is 2.59 bits per heavy atom. The third kappa shape index (κ3) is 2.31. The molecule has 0 heterocycles. The summed E-state index contributed by atoms with van der Waals surface area (Å²) in [6.07, 6.45) is 0. The standard InChI is InChI=1S/C13H8FN2Se/c14-10-2-3-11(13(17)6-10)8-1-4-12(16)9(5-8)7-15/h1-6H,16H2. The van der Waals surface area contributed by atoms with Gasteiger partial charge in [0.25, 0.3) is 0 Å². The predicted molar refractivity (Wildman–Crippen MR) is 66.4 cm³/mol. The van der Waals surface area contributed by atoms with Gasteiger partial charge in [0.05, 0.1) is 0 Å². The molecular weight excluding hydrogens is 282 g/mol. The average Bonchev–Trinajstić information content (AvgIpc) is 2.30. The van der Waals surface area contributed by atoms with Crippen LogP contribution in [0.2, 0.25) is 0 Å². The molecule has 4 heteroatoms. The summed E-state index contributed by atoms with van der Waals surface area (Å²) in [5.74, 6) is -0.293. The molecule has 2 nitrogen and oxygen atoms in total. The van der Waals surface area contributed by atoms with E-state index in [0.717, 1.165) is 11.1 Å². The van der Waals surface area contributed by atoms with Crippen LogP contribution in [0, 0.1) is 17.1 Å². The van der Waals surface area contributed by atoms with Gasteiger partial charge in [0, 0.05) is 0 Å². The van der Waals surface area contributed by atoms with E-state index in [1.54, 1.807) is 18.2 Å². The summed E-state index contributed by atoms with van der Waals surface area (Å²) in [6.45, 7) is 0. The SMILES string of the molecule is N#Cc1cc(-c2ccc(F)cc2[Se])ccc1N. The first kappa shape index (κ1) is 11.7. The Hall–Kier alpha value is -1.82. The molecule has 2 rings (SSSR count). The van der Waals surface area contributed by atoms with E-state index in [0.29, 0.717) is 15.7 Å². The molecule has 0 saturated heterocycles. The zero-order valence-electron chi connectivity index (χ0n) is 8.77. The van der Waals surface area contributed by atoms with Gasteiger partial charge in [0.1, 0.15) is 0 Å². The summed E-state index contributed by atoms with van der Waals surface area (Å²) in [6, 6.07) is 11.7. The molecule has 0 bridgehead atoms. The molecule has 0 atom stereocenters. The molecule has 0 spiro atoms. The van der Waals surface area contributed by atoms with Crippen LogP contribution in [0.3, 0.4) is 0 Å². The topological polar surface area (TPSA) is 49.8 Å². The number of hydrogen-bond acceptors (Lipinski definition) is 2. The molecule has 0 aliphatic rings. The minimum atomic E-state index is -0.293. The van der Waals surface area contributed by atoms with E-state index in [1.807, 2.05) is 12.1 Å². The van der Waals surface area contributed by atoms with Crippen molar-refractivity contribution < 1.29 is 4.39 Å². The number of nitrogens with zero attached hydrogens (tertiary/aromatic N) is 1. The molecule has 0 fully saturated rings. The van der Waals surface area contributed by atoms with Crippen molar-refractivity contribution in [3.63, 3.8) is 0 Å². The number of hydrogen-bond donors (Lipinski definition) is 1. The molecule has 0 saturated carbocycles. The Morgan fingerprint density at radius 1 is 1.18 bits per heavy atom. The summed E-state index contributed by atoms with van der Waals surface area (Å²) < 4.78 is 13.7. The van der Waals surface area contributed by atoms with E-state index < -0.39 is 0 Å². The van der Waals surface area contributed by atoms with Crippen LogP contribution in [0.4, 0.5) is 10.1 Å². The average molecular weight is 290 g/mol. The number of anilines is 1. The summed E-state index contributed by atoms with van der Waals surface area (Å²) in [7, 11) is 0. The van der Waals surface area contributed by atoms with Crippen molar-refractivity contribution in [1.29, 1.82) is 5.26 Å². The number of nitrogen functional groups attached to an aromatic ring is 1. The maximum absolute atomic E-state index is 13.0. The summed E-state index contributed by atoms with van der Waals surface area (Å²) >= 11 is 2.81. The second-order valence-electron chi connectivity index (χ2n) is 3.55. The normalized spacial score (nSPS) is 9.88. The van der Waals surface area contributed by atoms with Crippen molar-refractivity contribution >= 4 is 26.2 Å². The van der Waals surface area contributed by atoms with Crippen LogP contribution in [0.25, 0.3) is 11.1 Å². The zero-order valence-corrected chi connectivity index (χ0v) is 10.5. The fourth-order valence-electron chi connectivity index (χ4n) is 1.56. The van der Waals surface area contributed by atoms with Crippen LogP contribution in [0.15, 0.2) is 36.4 Å². The van der Waals surface area contributed by atoms with E-state index in [9.17, 15) is 4.39 Å². The Labute approximate surface area is 107 Å². The number of nitrogens with two attached hydrogens (primary N) is 1. The van der Waals surface area contributed by atoms with Gasteiger partial charge in [-0.1, -0.05) is 0 Å². The number of rotatable bonds is 1. The Bertz CT molecular complexity index is 617. The second-order valence-corrected chi connectivity index (χ2v) is 4.48. The quantitative estimate of drug-likeness (QED) is 0.642. The van der Waals surface area contributed by atoms with Gasteiger partial charge in [0.2, 0.25) is 0 Å². The van der Waals surface area contributed by atoms with Gasteiger partial charge in [0.15, 0.2) is 0 Å². The molecule has 0 amide bonds. The molecule has 17 heavy (non-hydrogen) atoms. The van der Waals surface area contributed by atoms with Crippen molar-refractivity contribution in [2.24, 2.45) is 0 Å². The molecule has 0 unspecified atom stereocenters. The fourth-order valence-corrected chi connectivity index (χ4v) is 2.18. The van der Waals surface area contributed by atoms with E-state index in [4.69, 9.17) is 11.0 Å². The molecule has 0 aliphatic carbocycles. The van der Waals surface area contributed by atoms with Crippen LogP contribution in [0.5, 0.6) is 0 Å². The fraction of sp³-hybridized carbons (Fsp3) is 0. The molecule has 1 radical (unpaired) electrons. The van der Waals surface area contributed by atoms with Crippen LogP contribution < -0.4 is 10.2 Å². The summed E-state index contributed by atoms with van der Waals surface area (Å²) in [4.78, 5) is 0. The summed E-state index contributed by atoms with van der Waals surface area (Å²) in [5, 5.41) is 8.91. The molecule has 2 N–H and O–H groups in total. The number of nitriles is 1. The van der Waals surface area contributed by atoms with Crippen molar-refractivity contribution in [2.75, 3.05) is 5.73 Å². The van der Waals surface area contributed by atoms with Crippen LogP contribution in [0.1, 0.15) is 5.56 Å². The third-order valence-corrected chi connectivity index (χ3v) is 3.14. The van der Waals surface area contributed by atoms with Crippen LogP contribution in [-0.2, 0) is 0 Å². The van der Waals surface area contributed by atoms with Gasteiger partial charge in [-0.2, -0.15) is 0 Å². The first-order valence-corrected chi connectivity index (χ1v) is 5.74. The third-order valence-electron chi connectivity index (χ3n) is 2.43. The summed E-state index contributed by atoms with van der Waals surface area (Å²) in [5.41, 5.74) is 8.20. The molecule has 0 aliphatic heterocycles. The van der Waals surface area contributed by atoms with Gasteiger partial charge < -0.3 is 0 Å².